The van der Waals surface area contributed by atoms with Gasteiger partial charge in [0.05, 0.1) is 5.60 Å². The quantitative estimate of drug-likeness (QED) is 0.870. The molecule has 2 heterocycles. The van der Waals surface area contributed by atoms with Gasteiger partial charge in [0.25, 0.3) is 0 Å². The van der Waals surface area contributed by atoms with Gasteiger partial charge in [0.1, 0.15) is 0 Å². The predicted molar refractivity (Wildman–Crippen MR) is 81.8 cm³/mol. The van der Waals surface area contributed by atoms with E-state index in [0.717, 1.165) is 19.5 Å². The predicted octanol–water partition coefficient (Wildman–Crippen LogP) is 2.42. The fraction of sp³-hybridized carbons (Fsp3) is 0.733. The van der Waals surface area contributed by atoms with Gasteiger partial charge < -0.3 is 10.4 Å². The topological polar surface area (TPSA) is 35.5 Å². The number of fused-ring (bicyclic) bond motifs is 1. The highest BCUT2D eigenvalue weighted by atomic mass is 32.1. The van der Waals surface area contributed by atoms with Crippen LogP contribution in [0.4, 0.5) is 0 Å². The summed E-state index contributed by atoms with van der Waals surface area (Å²) in [5, 5.41) is 16.0. The third kappa shape index (κ3) is 3.78. The summed E-state index contributed by atoms with van der Waals surface area (Å²) < 4.78 is 0. The Morgan fingerprint density at radius 1 is 1.58 bits per heavy atom. The molecule has 2 atom stereocenters. The molecule has 0 spiro atoms. The highest BCUT2D eigenvalue weighted by molar-refractivity contribution is 7.10. The van der Waals surface area contributed by atoms with Gasteiger partial charge in [-0.3, -0.25) is 4.90 Å². The van der Waals surface area contributed by atoms with Crippen molar-refractivity contribution in [3.8, 4) is 0 Å². The number of β-amino-alcohol motifs (C(OH)–C–C–N with tert-alkyl or cyclic N) is 1. The second-order valence-corrected chi connectivity index (χ2v) is 7.23. The monoisotopic (exact) mass is 282 g/mol. The molecule has 108 valence electrons. The van der Waals surface area contributed by atoms with E-state index >= 15 is 0 Å². The van der Waals surface area contributed by atoms with Gasteiger partial charge in [-0.1, -0.05) is 13.8 Å². The first-order valence-electron chi connectivity index (χ1n) is 7.15. The first kappa shape index (κ1) is 15.0. The van der Waals surface area contributed by atoms with Crippen molar-refractivity contribution in [2.75, 3.05) is 19.6 Å². The molecule has 2 unspecified atom stereocenters. The van der Waals surface area contributed by atoms with Crippen LogP contribution in [0, 0.1) is 0 Å². The second-order valence-electron chi connectivity index (χ2n) is 6.23. The standard InChI is InChI=1S/C15H26N2OS/c1-11(2)16-9-15(4,18)10-17-7-5-14-13(12(17)3)6-8-19-14/h6,8,11-12,16,18H,5,7,9-10H2,1-4H3. The molecule has 3 nitrogen and oxygen atoms in total. The van der Waals surface area contributed by atoms with Crippen LogP contribution in [0.2, 0.25) is 0 Å². The molecule has 0 saturated carbocycles. The maximum atomic E-state index is 10.5. The highest BCUT2D eigenvalue weighted by Crippen LogP contribution is 2.33. The number of rotatable bonds is 5. The van der Waals surface area contributed by atoms with E-state index in [0.29, 0.717) is 18.6 Å². The largest absolute Gasteiger partial charge is 0.388 e. The van der Waals surface area contributed by atoms with Crippen molar-refractivity contribution in [3.05, 3.63) is 21.9 Å². The van der Waals surface area contributed by atoms with E-state index < -0.39 is 5.60 Å². The summed E-state index contributed by atoms with van der Waals surface area (Å²) in [4.78, 5) is 3.92. The van der Waals surface area contributed by atoms with Crippen molar-refractivity contribution in [2.45, 2.75) is 51.8 Å². The summed E-state index contributed by atoms with van der Waals surface area (Å²) in [5.74, 6) is 0. The zero-order chi connectivity index (χ0) is 14.0. The molecule has 0 saturated heterocycles. The molecule has 0 radical (unpaired) electrons. The molecular weight excluding hydrogens is 256 g/mol. The molecule has 1 aromatic heterocycles. The zero-order valence-corrected chi connectivity index (χ0v) is 13.3. The second kappa shape index (κ2) is 5.92. The molecule has 1 aliphatic heterocycles. The van der Waals surface area contributed by atoms with E-state index in [-0.39, 0.29) is 0 Å². The van der Waals surface area contributed by atoms with Crippen LogP contribution in [0.5, 0.6) is 0 Å². The maximum absolute atomic E-state index is 10.5. The van der Waals surface area contributed by atoms with Gasteiger partial charge in [-0.05, 0) is 37.3 Å². The molecule has 2 N–H and O–H groups in total. The van der Waals surface area contributed by atoms with Crippen molar-refractivity contribution in [1.82, 2.24) is 10.2 Å². The van der Waals surface area contributed by atoms with Crippen LogP contribution in [-0.2, 0) is 6.42 Å². The molecule has 0 fully saturated rings. The van der Waals surface area contributed by atoms with E-state index in [1.165, 1.54) is 10.4 Å². The Hall–Kier alpha value is -0.420. The Bertz CT molecular complexity index is 414. The summed E-state index contributed by atoms with van der Waals surface area (Å²) in [5.41, 5.74) is 0.773. The number of thiophene rings is 1. The van der Waals surface area contributed by atoms with Gasteiger partial charge >= 0.3 is 0 Å². The average Bonchev–Trinajstić information content (AvgIpc) is 2.79. The van der Waals surface area contributed by atoms with E-state index in [9.17, 15) is 5.11 Å². The SMILES string of the molecule is CC(C)NCC(C)(O)CN1CCc2sccc2C1C. The van der Waals surface area contributed by atoms with Crippen molar-refractivity contribution in [1.29, 1.82) is 0 Å². The maximum Gasteiger partial charge on any atom is 0.0869 e. The summed E-state index contributed by atoms with van der Waals surface area (Å²) >= 11 is 1.86. The van der Waals surface area contributed by atoms with Crippen LogP contribution >= 0.6 is 11.3 Å². The summed E-state index contributed by atoms with van der Waals surface area (Å²) in [6.45, 7) is 10.8. The van der Waals surface area contributed by atoms with Crippen LogP contribution in [0.1, 0.15) is 44.2 Å². The third-order valence-electron chi connectivity index (χ3n) is 3.84. The van der Waals surface area contributed by atoms with Gasteiger partial charge in [-0.2, -0.15) is 0 Å². The Morgan fingerprint density at radius 2 is 2.32 bits per heavy atom. The molecule has 0 aromatic carbocycles. The first-order chi connectivity index (χ1) is 8.89. The van der Waals surface area contributed by atoms with Crippen molar-refractivity contribution < 1.29 is 5.11 Å². The summed E-state index contributed by atoms with van der Waals surface area (Å²) in [7, 11) is 0. The lowest BCUT2D eigenvalue weighted by atomic mass is 9.98. The molecule has 2 rings (SSSR count). The molecule has 1 aromatic rings. The van der Waals surface area contributed by atoms with Crippen LogP contribution in [-0.4, -0.2) is 41.3 Å². The summed E-state index contributed by atoms with van der Waals surface area (Å²) in [6.07, 6.45) is 1.12. The lowest BCUT2D eigenvalue weighted by Crippen LogP contribution is -2.50. The number of hydrogen-bond acceptors (Lipinski definition) is 4. The summed E-state index contributed by atoms with van der Waals surface area (Å²) in [6, 6.07) is 3.06. The molecule has 0 amide bonds. The highest BCUT2D eigenvalue weighted by Gasteiger charge is 2.30. The first-order valence-corrected chi connectivity index (χ1v) is 8.03. The number of nitrogens with one attached hydrogen (secondary N) is 1. The lowest BCUT2D eigenvalue weighted by Gasteiger charge is -2.38. The fourth-order valence-electron chi connectivity index (χ4n) is 2.69. The van der Waals surface area contributed by atoms with E-state index in [1.54, 1.807) is 0 Å². The molecule has 1 aliphatic rings. The van der Waals surface area contributed by atoms with Crippen LogP contribution < -0.4 is 5.32 Å². The fourth-order valence-corrected chi connectivity index (χ4v) is 3.66. The van der Waals surface area contributed by atoms with E-state index in [2.05, 4.69) is 42.4 Å². The van der Waals surface area contributed by atoms with E-state index in [4.69, 9.17) is 0 Å². The van der Waals surface area contributed by atoms with Gasteiger partial charge in [0, 0.05) is 36.6 Å². The molecule has 0 bridgehead atoms. The molecule has 0 aliphatic carbocycles. The smallest absolute Gasteiger partial charge is 0.0869 e. The Kier molecular flexibility index (Phi) is 4.66. The lowest BCUT2D eigenvalue weighted by molar-refractivity contribution is 0.00509. The van der Waals surface area contributed by atoms with Gasteiger partial charge in [0.15, 0.2) is 0 Å². The number of hydrogen-bond donors (Lipinski definition) is 2. The van der Waals surface area contributed by atoms with Crippen LogP contribution in [0.3, 0.4) is 0 Å². The molecule has 4 heteroatoms. The Labute approximate surface area is 120 Å². The number of aliphatic hydroxyl groups is 1. The van der Waals surface area contributed by atoms with Crippen LogP contribution in [0.15, 0.2) is 11.4 Å². The Morgan fingerprint density at radius 3 is 3.00 bits per heavy atom. The minimum atomic E-state index is -0.675. The normalized spacial score (nSPS) is 23.4. The van der Waals surface area contributed by atoms with Gasteiger partial charge in [-0.15, -0.1) is 11.3 Å². The minimum Gasteiger partial charge on any atom is -0.388 e. The van der Waals surface area contributed by atoms with Crippen LogP contribution in [0.25, 0.3) is 0 Å². The van der Waals surface area contributed by atoms with E-state index in [1.807, 2.05) is 18.3 Å². The van der Waals surface area contributed by atoms with Gasteiger partial charge in [-0.25, -0.2) is 0 Å². The molecular formula is C15H26N2OS. The third-order valence-corrected chi connectivity index (χ3v) is 4.84. The zero-order valence-electron chi connectivity index (χ0n) is 12.4. The van der Waals surface area contributed by atoms with Crippen molar-refractivity contribution >= 4 is 11.3 Å². The minimum absolute atomic E-state index is 0.411. The average molecular weight is 282 g/mol. The number of nitrogens with zero attached hydrogens (tertiary/aromatic N) is 1. The van der Waals surface area contributed by atoms with Crippen molar-refractivity contribution in [2.24, 2.45) is 0 Å². The Balaban J connectivity index is 1.96. The molecule has 19 heavy (non-hydrogen) atoms. The van der Waals surface area contributed by atoms with Crippen molar-refractivity contribution in [3.63, 3.8) is 0 Å². The van der Waals surface area contributed by atoms with Gasteiger partial charge in [0.2, 0.25) is 0 Å².